The second-order valence-corrected chi connectivity index (χ2v) is 3.25. The van der Waals surface area contributed by atoms with E-state index in [9.17, 15) is 10.2 Å². The van der Waals surface area contributed by atoms with Crippen LogP contribution in [0.15, 0.2) is 30.8 Å². The van der Waals surface area contributed by atoms with Gasteiger partial charge in [0.2, 0.25) is 0 Å². The molecule has 0 bridgehead atoms. The second-order valence-electron chi connectivity index (χ2n) is 3.25. The highest BCUT2D eigenvalue weighted by Gasteiger charge is 2.17. The highest BCUT2D eigenvalue weighted by molar-refractivity contribution is 5.47. The normalized spacial score (nSPS) is 13.9. The topological polar surface area (TPSA) is 64.2 Å². The van der Waals surface area contributed by atoms with Gasteiger partial charge in [0.05, 0.1) is 18.6 Å². The fraction of sp³-hybridized carbons (Fsp3) is 0.250. The van der Waals surface area contributed by atoms with Gasteiger partial charge in [0.15, 0.2) is 0 Å². The summed E-state index contributed by atoms with van der Waals surface area (Å²) < 4.78 is 0. The predicted octanol–water partition coefficient (Wildman–Crippen LogP) is 1.64. The first-order chi connectivity index (χ1) is 7.19. The summed E-state index contributed by atoms with van der Waals surface area (Å²) >= 11 is 0. The molecule has 15 heavy (non-hydrogen) atoms. The molecule has 0 amide bonds. The number of aliphatic hydroxyl groups is 2. The van der Waals surface area contributed by atoms with Crippen LogP contribution in [0.25, 0.3) is 6.08 Å². The minimum Gasteiger partial charge on any atom is -0.389 e. The Kier molecular flexibility index (Phi) is 4.04. The van der Waals surface area contributed by atoms with Gasteiger partial charge in [-0.25, -0.2) is 0 Å². The Morgan fingerprint density at radius 1 is 1.33 bits per heavy atom. The van der Waals surface area contributed by atoms with Crippen molar-refractivity contribution in [2.45, 2.75) is 18.6 Å². The summed E-state index contributed by atoms with van der Waals surface area (Å²) in [5.74, 6) is 0. The molecule has 0 saturated heterocycles. The molecular formula is C12H13NO2. The molecule has 2 N–H and O–H groups in total. The van der Waals surface area contributed by atoms with Gasteiger partial charge >= 0.3 is 0 Å². The Bertz CT molecular complexity index is 364. The lowest BCUT2D eigenvalue weighted by molar-refractivity contribution is 0.0216. The molecule has 0 aliphatic rings. The van der Waals surface area contributed by atoms with Crippen molar-refractivity contribution in [3.8, 4) is 6.07 Å². The van der Waals surface area contributed by atoms with Crippen LogP contribution < -0.4 is 0 Å². The maximum absolute atomic E-state index is 9.66. The third-order valence-electron chi connectivity index (χ3n) is 2.18. The highest BCUT2D eigenvalue weighted by Crippen LogP contribution is 2.19. The highest BCUT2D eigenvalue weighted by atomic mass is 16.3. The smallest absolute Gasteiger partial charge is 0.106 e. The third-order valence-corrected chi connectivity index (χ3v) is 2.18. The number of aliphatic hydroxyl groups excluding tert-OH is 2. The van der Waals surface area contributed by atoms with E-state index in [1.807, 2.05) is 6.07 Å². The summed E-state index contributed by atoms with van der Waals surface area (Å²) in [6.07, 6.45) is -0.431. The van der Waals surface area contributed by atoms with E-state index in [0.29, 0.717) is 5.56 Å². The lowest BCUT2D eigenvalue weighted by Gasteiger charge is -2.15. The number of benzene rings is 1. The summed E-state index contributed by atoms with van der Waals surface area (Å²) in [6, 6.07) is 8.83. The first-order valence-electron chi connectivity index (χ1n) is 4.64. The molecular weight excluding hydrogens is 190 g/mol. The van der Waals surface area contributed by atoms with Crippen molar-refractivity contribution in [1.82, 2.24) is 0 Å². The molecule has 1 rings (SSSR count). The number of nitrogens with zero attached hydrogens (tertiary/aromatic N) is 1. The standard InChI is InChI=1S/C12H13NO2/c1-2-9-3-5-10(6-4-9)12(15)11(14)7-8-13/h2-6,11-12,14-15H,1,7H2. The zero-order valence-electron chi connectivity index (χ0n) is 8.30. The Labute approximate surface area is 88.9 Å². The largest absolute Gasteiger partial charge is 0.389 e. The van der Waals surface area contributed by atoms with E-state index in [1.165, 1.54) is 0 Å². The van der Waals surface area contributed by atoms with Crippen LogP contribution >= 0.6 is 0 Å². The molecule has 3 heteroatoms. The van der Waals surface area contributed by atoms with Crippen LogP contribution in [0.1, 0.15) is 23.7 Å². The molecule has 0 radical (unpaired) electrons. The molecule has 0 aliphatic carbocycles. The molecule has 0 aliphatic heterocycles. The van der Waals surface area contributed by atoms with E-state index in [-0.39, 0.29) is 6.42 Å². The molecule has 1 aromatic carbocycles. The minimum absolute atomic E-state index is 0.0790. The second kappa shape index (κ2) is 5.30. The fourth-order valence-electron chi connectivity index (χ4n) is 1.26. The maximum atomic E-state index is 9.66. The summed E-state index contributed by atoms with van der Waals surface area (Å²) in [6.45, 7) is 3.62. The molecule has 0 fully saturated rings. The molecule has 2 unspecified atom stereocenters. The molecule has 1 aromatic rings. The maximum Gasteiger partial charge on any atom is 0.106 e. The summed E-state index contributed by atoms with van der Waals surface area (Å²) in [5.41, 5.74) is 1.55. The van der Waals surface area contributed by atoms with Crippen LogP contribution in [-0.2, 0) is 0 Å². The monoisotopic (exact) mass is 203 g/mol. The van der Waals surface area contributed by atoms with Crippen LogP contribution in [0.3, 0.4) is 0 Å². The van der Waals surface area contributed by atoms with Crippen molar-refractivity contribution in [1.29, 1.82) is 5.26 Å². The molecule has 0 spiro atoms. The molecule has 78 valence electrons. The zero-order chi connectivity index (χ0) is 11.3. The lowest BCUT2D eigenvalue weighted by Crippen LogP contribution is -2.17. The van der Waals surface area contributed by atoms with Crippen molar-refractivity contribution in [3.63, 3.8) is 0 Å². The van der Waals surface area contributed by atoms with Gasteiger partial charge in [-0.3, -0.25) is 0 Å². The van der Waals surface area contributed by atoms with E-state index >= 15 is 0 Å². The van der Waals surface area contributed by atoms with Crippen LogP contribution in [-0.4, -0.2) is 16.3 Å². The van der Waals surface area contributed by atoms with E-state index in [2.05, 4.69) is 6.58 Å². The van der Waals surface area contributed by atoms with Gasteiger partial charge in [-0.05, 0) is 11.1 Å². The zero-order valence-corrected chi connectivity index (χ0v) is 8.30. The van der Waals surface area contributed by atoms with Gasteiger partial charge in [0, 0.05) is 0 Å². The van der Waals surface area contributed by atoms with E-state index in [0.717, 1.165) is 5.56 Å². The van der Waals surface area contributed by atoms with Gasteiger partial charge in [-0.1, -0.05) is 36.9 Å². The van der Waals surface area contributed by atoms with Crippen LogP contribution in [0.5, 0.6) is 0 Å². The van der Waals surface area contributed by atoms with Gasteiger partial charge in [0.25, 0.3) is 0 Å². The number of hydrogen-bond acceptors (Lipinski definition) is 3. The first-order valence-corrected chi connectivity index (χ1v) is 4.64. The number of hydrogen-bond donors (Lipinski definition) is 2. The van der Waals surface area contributed by atoms with Crippen molar-refractivity contribution >= 4 is 6.08 Å². The Morgan fingerprint density at radius 3 is 2.40 bits per heavy atom. The fourth-order valence-corrected chi connectivity index (χ4v) is 1.26. The lowest BCUT2D eigenvalue weighted by atomic mass is 10.0. The van der Waals surface area contributed by atoms with E-state index in [1.54, 1.807) is 30.3 Å². The van der Waals surface area contributed by atoms with Gasteiger partial charge in [0.1, 0.15) is 6.10 Å². The average molecular weight is 203 g/mol. The Morgan fingerprint density at radius 2 is 1.93 bits per heavy atom. The number of nitriles is 1. The van der Waals surface area contributed by atoms with Gasteiger partial charge < -0.3 is 10.2 Å². The predicted molar refractivity (Wildman–Crippen MR) is 57.7 cm³/mol. The third kappa shape index (κ3) is 2.91. The summed E-state index contributed by atoms with van der Waals surface area (Å²) in [7, 11) is 0. The van der Waals surface area contributed by atoms with Crippen molar-refractivity contribution in [2.24, 2.45) is 0 Å². The van der Waals surface area contributed by atoms with Crippen molar-refractivity contribution in [3.05, 3.63) is 42.0 Å². The number of rotatable bonds is 4. The van der Waals surface area contributed by atoms with E-state index in [4.69, 9.17) is 5.26 Å². The SMILES string of the molecule is C=Cc1ccc(C(O)C(O)CC#N)cc1. The van der Waals surface area contributed by atoms with Crippen molar-refractivity contribution in [2.75, 3.05) is 0 Å². The van der Waals surface area contributed by atoms with Gasteiger partial charge in [-0.2, -0.15) is 5.26 Å². The summed E-state index contributed by atoms with van der Waals surface area (Å²) in [5, 5.41) is 27.4. The molecule has 2 atom stereocenters. The van der Waals surface area contributed by atoms with Crippen molar-refractivity contribution < 1.29 is 10.2 Å². The minimum atomic E-state index is -1.04. The average Bonchev–Trinajstić information content (AvgIpc) is 2.28. The summed E-state index contributed by atoms with van der Waals surface area (Å²) in [4.78, 5) is 0. The first kappa shape index (κ1) is 11.4. The van der Waals surface area contributed by atoms with Crippen LogP contribution in [0.4, 0.5) is 0 Å². The Hall–Kier alpha value is -1.63. The Balaban J connectivity index is 2.78. The van der Waals surface area contributed by atoms with E-state index < -0.39 is 12.2 Å². The molecule has 0 aromatic heterocycles. The van der Waals surface area contributed by atoms with Gasteiger partial charge in [-0.15, -0.1) is 0 Å². The van der Waals surface area contributed by atoms with Crippen LogP contribution in [0.2, 0.25) is 0 Å². The quantitative estimate of drug-likeness (QED) is 0.781. The van der Waals surface area contributed by atoms with Crippen LogP contribution in [0, 0.1) is 11.3 Å². The molecule has 0 heterocycles. The molecule has 3 nitrogen and oxygen atoms in total. The molecule has 0 saturated carbocycles.